The molecule has 0 spiro atoms. The maximum atomic E-state index is 12.0. The van der Waals surface area contributed by atoms with E-state index in [-0.39, 0.29) is 11.9 Å². The summed E-state index contributed by atoms with van der Waals surface area (Å²) in [6.45, 7) is 4.07. The molecule has 1 atom stereocenters. The maximum absolute atomic E-state index is 12.0. The summed E-state index contributed by atoms with van der Waals surface area (Å²) in [5.41, 5.74) is 3.54. The molecule has 0 aliphatic heterocycles. The number of methoxy groups -OCH3 is 1. The Balaban J connectivity index is 1.74. The van der Waals surface area contributed by atoms with E-state index in [1.54, 1.807) is 18.9 Å². The highest BCUT2D eigenvalue weighted by Crippen LogP contribution is 2.17. The number of hydrogen-bond donors (Lipinski definition) is 1. The van der Waals surface area contributed by atoms with E-state index in [1.807, 2.05) is 31.2 Å². The van der Waals surface area contributed by atoms with Crippen LogP contribution in [0.15, 0.2) is 48.5 Å². The first-order valence-electron chi connectivity index (χ1n) is 7.65. The van der Waals surface area contributed by atoms with Crippen LogP contribution in [0.2, 0.25) is 0 Å². The van der Waals surface area contributed by atoms with Gasteiger partial charge < -0.3 is 10.1 Å². The summed E-state index contributed by atoms with van der Waals surface area (Å²) < 4.78 is 5.13. The average Bonchev–Trinajstić information content (AvgIpc) is 2.56. The number of carbonyl (C=O) groups is 1. The molecule has 1 amide bonds. The minimum Gasteiger partial charge on any atom is -0.497 e. The lowest BCUT2D eigenvalue weighted by molar-refractivity contribution is -0.119. The molecule has 0 saturated carbocycles. The van der Waals surface area contributed by atoms with Crippen molar-refractivity contribution < 1.29 is 9.53 Å². The van der Waals surface area contributed by atoms with Crippen LogP contribution in [0.3, 0.4) is 0 Å². The van der Waals surface area contributed by atoms with Crippen molar-refractivity contribution in [1.29, 1.82) is 0 Å². The van der Waals surface area contributed by atoms with E-state index in [1.165, 1.54) is 11.1 Å². The summed E-state index contributed by atoms with van der Waals surface area (Å²) in [4.78, 5) is 12.0. The van der Waals surface area contributed by atoms with Crippen LogP contribution in [-0.2, 0) is 10.5 Å². The minimum absolute atomic E-state index is 0.0321. The van der Waals surface area contributed by atoms with Crippen molar-refractivity contribution in [2.24, 2.45) is 0 Å². The molecule has 0 heterocycles. The molecule has 1 N–H and O–H groups in total. The average molecular weight is 329 g/mol. The lowest BCUT2D eigenvalue weighted by Gasteiger charge is -2.14. The molecule has 2 aromatic rings. The largest absolute Gasteiger partial charge is 0.497 e. The Kier molecular flexibility index (Phi) is 6.53. The van der Waals surface area contributed by atoms with Crippen molar-refractivity contribution in [1.82, 2.24) is 5.32 Å². The van der Waals surface area contributed by atoms with E-state index in [2.05, 4.69) is 36.5 Å². The van der Waals surface area contributed by atoms with Gasteiger partial charge in [-0.15, -0.1) is 11.8 Å². The van der Waals surface area contributed by atoms with E-state index in [0.29, 0.717) is 5.75 Å². The second-order valence-corrected chi connectivity index (χ2v) is 6.53. The van der Waals surface area contributed by atoms with Gasteiger partial charge in [0.05, 0.1) is 18.9 Å². The van der Waals surface area contributed by atoms with Gasteiger partial charge in [0.15, 0.2) is 0 Å². The van der Waals surface area contributed by atoms with Crippen molar-refractivity contribution in [2.75, 3.05) is 12.9 Å². The van der Waals surface area contributed by atoms with Gasteiger partial charge in [-0.1, -0.05) is 42.0 Å². The molecule has 2 aromatic carbocycles. The molecule has 3 nitrogen and oxygen atoms in total. The molecule has 2 rings (SSSR count). The highest BCUT2D eigenvalue weighted by Gasteiger charge is 2.09. The summed E-state index contributed by atoms with van der Waals surface area (Å²) in [6, 6.07) is 16.2. The summed E-state index contributed by atoms with van der Waals surface area (Å²) >= 11 is 1.61. The Morgan fingerprint density at radius 3 is 2.39 bits per heavy atom. The molecule has 0 unspecified atom stereocenters. The van der Waals surface area contributed by atoms with Crippen LogP contribution in [0.4, 0.5) is 0 Å². The third-order valence-electron chi connectivity index (χ3n) is 3.62. The van der Waals surface area contributed by atoms with Gasteiger partial charge in [0.1, 0.15) is 5.75 Å². The van der Waals surface area contributed by atoms with Gasteiger partial charge >= 0.3 is 0 Å². The highest BCUT2D eigenvalue weighted by molar-refractivity contribution is 7.99. The van der Waals surface area contributed by atoms with Crippen LogP contribution in [0.5, 0.6) is 5.75 Å². The van der Waals surface area contributed by atoms with Gasteiger partial charge in [-0.2, -0.15) is 0 Å². The van der Waals surface area contributed by atoms with Crippen molar-refractivity contribution in [3.63, 3.8) is 0 Å². The predicted molar refractivity (Wildman–Crippen MR) is 96.9 cm³/mol. The van der Waals surface area contributed by atoms with E-state index in [0.717, 1.165) is 17.1 Å². The number of aryl methyl sites for hydroxylation is 1. The summed E-state index contributed by atoms with van der Waals surface area (Å²) in [5, 5.41) is 3.04. The molecule has 122 valence electrons. The Hall–Kier alpha value is -1.94. The van der Waals surface area contributed by atoms with Crippen LogP contribution < -0.4 is 10.1 Å². The molecule has 0 aromatic heterocycles. The third kappa shape index (κ3) is 5.64. The highest BCUT2D eigenvalue weighted by atomic mass is 32.2. The van der Waals surface area contributed by atoms with Crippen molar-refractivity contribution >= 4 is 17.7 Å². The van der Waals surface area contributed by atoms with Crippen LogP contribution in [0, 0.1) is 6.92 Å². The normalized spacial score (nSPS) is 11.8. The van der Waals surface area contributed by atoms with Gasteiger partial charge in [0, 0.05) is 5.75 Å². The quantitative estimate of drug-likeness (QED) is 0.830. The number of nitrogens with one attached hydrogen (secondary N) is 1. The fourth-order valence-electron chi connectivity index (χ4n) is 2.20. The molecular weight excluding hydrogens is 306 g/mol. The van der Waals surface area contributed by atoms with Crippen LogP contribution >= 0.6 is 11.8 Å². The van der Waals surface area contributed by atoms with Crippen LogP contribution in [0.1, 0.15) is 29.7 Å². The predicted octanol–water partition coefficient (Wildman–Crippen LogP) is 4.11. The van der Waals surface area contributed by atoms with Gasteiger partial charge in [0.25, 0.3) is 0 Å². The maximum Gasteiger partial charge on any atom is 0.230 e. The zero-order valence-corrected chi connectivity index (χ0v) is 14.7. The number of amides is 1. The smallest absolute Gasteiger partial charge is 0.230 e. The van der Waals surface area contributed by atoms with Crippen LogP contribution in [0.25, 0.3) is 0 Å². The summed E-state index contributed by atoms with van der Waals surface area (Å²) in [6.07, 6.45) is 0. The van der Waals surface area contributed by atoms with Crippen LogP contribution in [-0.4, -0.2) is 18.8 Å². The molecule has 23 heavy (non-hydrogen) atoms. The number of hydrogen-bond acceptors (Lipinski definition) is 3. The molecule has 0 bridgehead atoms. The molecule has 0 fully saturated rings. The number of rotatable bonds is 7. The topological polar surface area (TPSA) is 38.3 Å². The van der Waals surface area contributed by atoms with E-state index < -0.39 is 0 Å². The first-order chi connectivity index (χ1) is 11.1. The Morgan fingerprint density at radius 2 is 1.78 bits per heavy atom. The van der Waals surface area contributed by atoms with Gasteiger partial charge in [-0.3, -0.25) is 4.79 Å². The van der Waals surface area contributed by atoms with Crippen molar-refractivity contribution in [2.45, 2.75) is 25.6 Å². The lowest BCUT2D eigenvalue weighted by Crippen LogP contribution is -2.28. The first kappa shape index (κ1) is 17.4. The number of thioether (sulfide) groups is 1. The summed E-state index contributed by atoms with van der Waals surface area (Å²) in [7, 11) is 1.66. The minimum atomic E-state index is 0.0321. The van der Waals surface area contributed by atoms with Gasteiger partial charge in [0.2, 0.25) is 5.91 Å². The Morgan fingerprint density at radius 1 is 1.13 bits per heavy atom. The molecule has 0 saturated heterocycles. The third-order valence-corrected chi connectivity index (χ3v) is 4.62. The second kappa shape index (κ2) is 8.63. The molecule has 0 radical (unpaired) electrons. The van der Waals surface area contributed by atoms with Gasteiger partial charge in [-0.25, -0.2) is 0 Å². The number of ether oxygens (including phenoxy) is 1. The van der Waals surface area contributed by atoms with E-state index in [9.17, 15) is 4.79 Å². The standard InChI is InChI=1S/C19H23NO2S/c1-14-4-8-17(9-5-14)15(2)20-19(21)13-23-12-16-6-10-18(22-3)11-7-16/h4-11,15H,12-13H2,1-3H3,(H,20,21)/t15-/m0/s1. The van der Waals surface area contributed by atoms with Crippen molar-refractivity contribution in [3.05, 3.63) is 65.2 Å². The fourth-order valence-corrected chi connectivity index (χ4v) is 3.00. The Bertz CT molecular complexity index is 623. The van der Waals surface area contributed by atoms with Gasteiger partial charge in [-0.05, 0) is 37.1 Å². The van der Waals surface area contributed by atoms with Crippen molar-refractivity contribution in [3.8, 4) is 5.75 Å². The summed E-state index contributed by atoms with van der Waals surface area (Å²) in [5.74, 6) is 2.19. The zero-order valence-electron chi connectivity index (χ0n) is 13.8. The lowest BCUT2D eigenvalue weighted by atomic mass is 10.1. The molecular formula is C19H23NO2S. The van der Waals surface area contributed by atoms with E-state index in [4.69, 9.17) is 4.74 Å². The second-order valence-electron chi connectivity index (χ2n) is 5.54. The number of benzene rings is 2. The molecule has 4 heteroatoms. The molecule has 0 aliphatic carbocycles. The number of carbonyl (C=O) groups excluding carboxylic acids is 1. The first-order valence-corrected chi connectivity index (χ1v) is 8.80. The molecule has 0 aliphatic rings. The van der Waals surface area contributed by atoms with E-state index >= 15 is 0 Å². The fraction of sp³-hybridized carbons (Fsp3) is 0.316. The monoisotopic (exact) mass is 329 g/mol. The SMILES string of the molecule is COc1ccc(CSCC(=O)N[C@@H](C)c2ccc(C)cc2)cc1. The Labute approximate surface area is 142 Å². The zero-order chi connectivity index (χ0) is 16.7.